The number of hydrogen-bond donors (Lipinski definition) is 0. The topological polar surface area (TPSA) is 54.9 Å². The van der Waals surface area contributed by atoms with E-state index in [0.29, 0.717) is 32.7 Å². The fraction of sp³-hybridized carbons (Fsp3) is 0.684. The first-order valence-electron chi connectivity index (χ1n) is 9.21. The van der Waals surface area contributed by atoms with Crippen molar-refractivity contribution in [3.63, 3.8) is 0 Å². The zero-order valence-electron chi connectivity index (χ0n) is 15.3. The molecular formula is C19H29N3O3. The molecule has 2 aliphatic rings. The second-order valence-corrected chi connectivity index (χ2v) is 7.24. The molecule has 1 amide bonds. The van der Waals surface area contributed by atoms with E-state index in [0.717, 1.165) is 25.9 Å². The molecule has 1 aromatic rings. The number of ether oxygens (including phenoxy) is 2. The first-order chi connectivity index (χ1) is 12.1. The van der Waals surface area contributed by atoms with Crippen molar-refractivity contribution in [3.8, 4) is 0 Å². The maximum atomic E-state index is 12.1. The molecule has 0 aliphatic carbocycles. The molecule has 25 heavy (non-hydrogen) atoms. The molecule has 0 aromatic carbocycles. The van der Waals surface area contributed by atoms with Gasteiger partial charge in [-0.1, -0.05) is 13.0 Å². The van der Waals surface area contributed by atoms with Gasteiger partial charge < -0.3 is 14.4 Å². The largest absolute Gasteiger partial charge is 0.377 e. The van der Waals surface area contributed by atoms with Gasteiger partial charge in [-0.3, -0.25) is 14.7 Å². The molecule has 2 fully saturated rings. The Morgan fingerprint density at radius 1 is 1.52 bits per heavy atom. The van der Waals surface area contributed by atoms with Gasteiger partial charge in [0, 0.05) is 38.4 Å². The van der Waals surface area contributed by atoms with E-state index in [1.807, 2.05) is 24.1 Å². The molecule has 138 valence electrons. The molecule has 0 saturated carbocycles. The van der Waals surface area contributed by atoms with Crippen molar-refractivity contribution >= 4 is 5.91 Å². The summed E-state index contributed by atoms with van der Waals surface area (Å²) in [7, 11) is 2.11. The van der Waals surface area contributed by atoms with Gasteiger partial charge in [0.25, 0.3) is 0 Å². The number of amides is 1. The van der Waals surface area contributed by atoms with Crippen molar-refractivity contribution in [1.82, 2.24) is 14.8 Å². The lowest BCUT2D eigenvalue weighted by molar-refractivity contribution is -0.136. The van der Waals surface area contributed by atoms with E-state index in [9.17, 15) is 4.79 Å². The van der Waals surface area contributed by atoms with Crippen molar-refractivity contribution in [2.75, 3.05) is 39.9 Å². The van der Waals surface area contributed by atoms with Gasteiger partial charge in [0.1, 0.15) is 5.60 Å². The summed E-state index contributed by atoms with van der Waals surface area (Å²) in [6.45, 7) is 6.15. The Bertz CT molecular complexity index is 568. The molecule has 6 nitrogen and oxygen atoms in total. The minimum absolute atomic E-state index is 0.182. The van der Waals surface area contributed by atoms with Gasteiger partial charge >= 0.3 is 0 Å². The zero-order valence-corrected chi connectivity index (χ0v) is 15.3. The second kappa shape index (κ2) is 8.25. The smallest absolute Gasteiger partial charge is 0.222 e. The zero-order chi connectivity index (χ0) is 17.7. The Labute approximate surface area is 150 Å². The minimum Gasteiger partial charge on any atom is -0.377 e. The molecule has 3 heterocycles. The standard InChI is InChI=1S/C19H29N3O3/c1-3-18(23)22-9-10-24-15-19(14-22)7-6-17(25-19)13-21(2)12-16-5-4-8-20-11-16/h4-5,8,11,17H,3,6-7,9-10,12-15H2,1-2H3/t17-,19+/m1/s1. The van der Waals surface area contributed by atoms with Crippen LogP contribution < -0.4 is 0 Å². The summed E-state index contributed by atoms with van der Waals surface area (Å²) in [5, 5.41) is 0. The summed E-state index contributed by atoms with van der Waals surface area (Å²) in [5.41, 5.74) is 0.872. The van der Waals surface area contributed by atoms with Crippen LogP contribution in [0.25, 0.3) is 0 Å². The lowest BCUT2D eigenvalue weighted by atomic mass is 10.00. The van der Waals surface area contributed by atoms with E-state index in [-0.39, 0.29) is 17.6 Å². The number of carbonyl (C=O) groups excluding carboxylic acids is 1. The SMILES string of the molecule is CCC(=O)N1CCOC[C@]2(CC[C@H](CN(C)Cc3cccnc3)O2)C1. The van der Waals surface area contributed by atoms with Crippen LogP contribution in [0.1, 0.15) is 31.7 Å². The van der Waals surface area contributed by atoms with Crippen LogP contribution >= 0.6 is 0 Å². The number of hydrogen-bond acceptors (Lipinski definition) is 5. The Hall–Kier alpha value is -1.50. The number of likely N-dealkylation sites (N-methyl/N-ethyl adjacent to an activating group) is 1. The molecule has 1 spiro atoms. The maximum Gasteiger partial charge on any atom is 0.222 e. The van der Waals surface area contributed by atoms with Crippen molar-refractivity contribution < 1.29 is 14.3 Å². The normalized spacial score (nSPS) is 27.0. The molecule has 1 aromatic heterocycles. The highest BCUT2D eigenvalue weighted by Crippen LogP contribution is 2.33. The van der Waals surface area contributed by atoms with E-state index in [4.69, 9.17) is 9.47 Å². The van der Waals surface area contributed by atoms with Crippen LogP contribution in [0.3, 0.4) is 0 Å². The van der Waals surface area contributed by atoms with Gasteiger partial charge in [-0.2, -0.15) is 0 Å². The number of aromatic nitrogens is 1. The quantitative estimate of drug-likeness (QED) is 0.811. The molecule has 0 unspecified atom stereocenters. The third-order valence-electron chi connectivity index (χ3n) is 5.03. The Morgan fingerprint density at radius 2 is 2.40 bits per heavy atom. The molecule has 0 N–H and O–H groups in total. The average Bonchev–Trinajstić information content (AvgIpc) is 2.87. The van der Waals surface area contributed by atoms with Crippen molar-refractivity contribution in [2.45, 2.75) is 44.4 Å². The van der Waals surface area contributed by atoms with E-state index >= 15 is 0 Å². The predicted octanol–water partition coefficient (Wildman–Crippen LogP) is 1.70. The van der Waals surface area contributed by atoms with Gasteiger partial charge in [-0.15, -0.1) is 0 Å². The number of rotatable bonds is 5. The fourth-order valence-corrected chi connectivity index (χ4v) is 3.80. The molecule has 3 rings (SSSR count). The first-order valence-corrected chi connectivity index (χ1v) is 9.21. The van der Waals surface area contributed by atoms with Gasteiger partial charge in [0.05, 0.1) is 25.9 Å². The Kier molecular flexibility index (Phi) is 6.04. The predicted molar refractivity (Wildman–Crippen MR) is 95.1 cm³/mol. The summed E-state index contributed by atoms with van der Waals surface area (Å²) in [6.07, 6.45) is 6.37. The lowest BCUT2D eigenvalue weighted by Crippen LogP contribution is -2.47. The second-order valence-electron chi connectivity index (χ2n) is 7.24. The molecule has 0 radical (unpaired) electrons. The third-order valence-corrected chi connectivity index (χ3v) is 5.03. The maximum absolute atomic E-state index is 12.1. The number of carbonyl (C=O) groups is 1. The van der Waals surface area contributed by atoms with Gasteiger partial charge in [0.2, 0.25) is 5.91 Å². The summed E-state index contributed by atoms with van der Waals surface area (Å²) in [6, 6.07) is 4.06. The third kappa shape index (κ3) is 4.77. The average molecular weight is 347 g/mol. The molecule has 2 aliphatic heterocycles. The summed E-state index contributed by atoms with van der Waals surface area (Å²) in [5.74, 6) is 0.186. The van der Waals surface area contributed by atoms with Crippen molar-refractivity contribution in [1.29, 1.82) is 0 Å². The van der Waals surface area contributed by atoms with Crippen molar-refractivity contribution in [3.05, 3.63) is 30.1 Å². The van der Waals surface area contributed by atoms with Crippen LogP contribution in [0.5, 0.6) is 0 Å². The highest BCUT2D eigenvalue weighted by Gasteiger charge is 2.43. The fourth-order valence-electron chi connectivity index (χ4n) is 3.80. The van der Waals surface area contributed by atoms with Gasteiger partial charge in [-0.25, -0.2) is 0 Å². The van der Waals surface area contributed by atoms with E-state index in [1.165, 1.54) is 5.56 Å². The number of nitrogens with zero attached hydrogens (tertiary/aromatic N) is 3. The van der Waals surface area contributed by atoms with Crippen LogP contribution in [0.15, 0.2) is 24.5 Å². The van der Waals surface area contributed by atoms with E-state index in [2.05, 4.69) is 23.0 Å². The molecule has 6 heteroatoms. The highest BCUT2D eigenvalue weighted by molar-refractivity contribution is 5.75. The molecule has 2 atom stereocenters. The van der Waals surface area contributed by atoms with Crippen LogP contribution in [0.4, 0.5) is 0 Å². The monoisotopic (exact) mass is 347 g/mol. The molecule has 2 saturated heterocycles. The van der Waals surface area contributed by atoms with Gasteiger partial charge in [0.15, 0.2) is 0 Å². The van der Waals surface area contributed by atoms with Crippen LogP contribution in [0.2, 0.25) is 0 Å². The van der Waals surface area contributed by atoms with Crippen LogP contribution in [-0.4, -0.2) is 72.3 Å². The van der Waals surface area contributed by atoms with Crippen molar-refractivity contribution in [2.24, 2.45) is 0 Å². The summed E-state index contributed by atoms with van der Waals surface area (Å²) < 4.78 is 12.2. The molecule has 0 bridgehead atoms. The van der Waals surface area contributed by atoms with Crippen LogP contribution in [0, 0.1) is 0 Å². The highest BCUT2D eigenvalue weighted by atomic mass is 16.6. The van der Waals surface area contributed by atoms with Crippen LogP contribution in [-0.2, 0) is 20.8 Å². The summed E-state index contributed by atoms with van der Waals surface area (Å²) >= 11 is 0. The number of pyridine rings is 1. The lowest BCUT2D eigenvalue weighted by Gasteiger charge is -2.32. The summed E-state index contributed by atoms with van der Waals surface area (Å²) in [4.78, 5) is 20.5. The Morgan fingerprint density at radius 3 is 3.16 bits per heavy atom. The first kappa shape index (κ1) is 18.3. The Balaban J connectivity index is 1.55. The van der Waals surface area contributed by atoms with E-state index < -0.39 is 0 Å². The molecular weight excluding hydrogens is 318 g/mol. The van der Waals surface area contributed by atoms with Gasteiger partial charge in [-0.05, 0) is 31.5 Å². The minimum atomic E-state index is -0.332. The van der Waals surface area contributed by atoms with E-state index in [1.54, 1.807) is 6.20 Å².